The van der Waals surface area contributed by atoms with Crippen LogP contribution in [-0.4, -0.2) is 44.0 Å². The molecule has 2 rings (SSSR count). The van der Waals surface area contributed by atoms with Gasteiger partial charge in [0.15, 0.2) is 0 Å². The number of anilines is 1. The molecule has 92 valence electrons. The molecule has 1 unspecified atom stereocenters. The predicted molar refractivity (Wildman–Crippen MR) is 69.4 cm³/mol. The second kappa shape index (κ2) is 5.19. The molecule has 0 spiro atoms. The van der Waals surface area contributed by atoms with Gasteiger partial charge in [0, 0.05) is 30.9 Å². The van der Waals surface area contributed by atoms with Gasteiger partial charge in [-0.2, -0.15) is 0 Å². The van der Waals surface area contributed by atoms with Crippen LogP contribution in [0.25, 0.3) is 0 Å². The van der Waals surface area contributed by atoms with Crippen LogP contribution in [0.1, 0.15) is 16.8 Å². The fourth-order valence-corrected chi connectivity index (χ4v) is 2.18. The zero-order valence-corrected chi connectivity index (χ0v) is 10.4. The maximum atomic E-state index is 11.5. The summed E-state index contributed by atoms with van der Waals surface area (Å²) in [4.78, 5) is 13.8. The van der Waals surface area contributed by atoms with E-state index in [0.717, 1.165) is 25.2 Å². The Hall–Kier alpha value is -1.55. The molecule has 0 bridgehead atoms. The van der Waals surface area contributed by atoms with E-state index in [2.05, 4.69) is 22.6 Å². The van der Waals surface area contributed by atoms with Crippen LogP contribution in [0.4, 0.5) is 5.69 Å². The monoisotopic (exact) mass is 233 g/mol. The van der Waals surface area contributed by atoms with Gasteiger partial charge in [-0.1, -0.05) is 6.07 Å². The van der Waals surface area contributed by atoms with Crippen molar-refractivity contribution in [2.24, 2.45) is 0 Å². The van der Waals surface area contributed by atoms with Gasteiger partial charge in [-0.3, -0.25) is 4.79 Å². The summed E-state index contributed by atoms with van der Waals surface area (Å²) >= 11 is 0. The number of amides is 1. The van der Waals surface area contributed by atoms with Crippen LogP contribution in [0.2, 0.25) is 0 Å². The molecule has 0 aromatic heterocycles. The molecule has 1 saturated heterocycles. The van der Waals surface area contributed by atoms with Crippen molar-refractivity contribution < 1.29 is 4.79 Å². The molecule has 4 nitrogen and oxygen atoms in total. The zero-order valence-electron chi connectivity index (χ0n) is 10.4. The van der Waals surface area contributed by atoms with E-state index in [1.165, 1.54) is 0 Å². The highest BCUT2D eigenvalue weighted by molar-refractivity contribution is 5.94. The second-order valence-corrected chi connectivity index (χ2v) is 4.55. The standard InChI is InChI=1S/C13H19N3O/c1-14-13(17)10-4-3-5-11(8-10)15-12-6-7-16(2)9-12/h3-5,8,12,15H,6-7,9H2,1-2H3,(H,14,17). The van der Waals surface area contributed by atoms with Crippen LogP contribution in [0, 0.1) is 0 Å². The molecule has 1 aromatic carbocycles. The van der Waals surface area contributed by atoms with Crippen LogP contribution in [0.3, 0.4) is 0 Å². The average Bonchev–Trinajstić information content (AvgIpc) is 2.74. The second-order valence-electron chi connectivity index (χ2n) is 4.55. The summed E-state index contributed by atoms with van der Waals surface area (Å²) in [6, 6.07) is 8.12. The van der Waals surface area contributed by atoms with E-state index in [4.69, 9.17) is 0 Å². The summed E-state index contributed by atoms with van der Waals surface area (Å²) < 4.78 is 0. The number of carbonyl (C=O) groups excluding carboxylic acids is 1. The summed E-state index contributed by atoms with van der Waals surface area (Å²) in [5.74, 6) is -0.0443. The highest BCUT2D eigenvalue weighted by Crippen LogP contribution is 2.16. The minimum absolute atomic E-state index is 0.0443. The Kier molecular flexibility index (Phi) is 3.64. The number of likely N-dealkylation sites (N-methyl/N-ethyl adjacent to an activating group) is 1. The predicted octanol–water partition coefficient (Wildman–Crippen LogP) is 1.16. The van der Waals surface area contributed by atoms with E-state index in [9.17, 15) is 4.79 Å². The maximum Gasteiger partial charge on any atom is 0.251 e. The molecular formula is C13H19N3O. The molecule has 0 aliphatic carbocycles. The first-order chi connectivity index (χ1) is 8.19. The van der Waals surface area contributed by atoms with E-state index in [-0.39, 0.29) is 5.91 Å². The highest BCUT2D eigenvalue weighted by Gasteiger charge is 2.19. The van der Waals surface area contributed by atoms with E-state index < -0.39 is 0 Å². The van der Waals surface area contributed by atoms with Gasteiger partial charge in [-0.05, 0) is 38.2 Å². The lowest BCUT2D eigenvalue weighted by Crippen LogP contribution is -2.24. The zero-order chi connectivity index (χ0) is 12.3. The fourth-order valence-electron chi connectivity index (χ4n) is 2.18. The molecule has 1 aliphatic heterocycles. The van der Waals surface area contributed by atoms with Crippen LogP contribution >= 0.6 is 0 Å². The van der Waals surface area contributed by atoms with Crippen molar-refractivity contribution in [1.82, 2.24) is 10.2 Å². The lowest BCUT2D eigenvalue weighted by atomic mass is 10.1. The molecule has 17 heavy (non-hydrogen) atoms. The van der Waals surface area contributed by atoms with Crippen molar-refractivity contribution in [2.45, 2.75) is 12.5 Å². The smallest absolute Gasteiger partial charge is 0.251 e. The molecule has 1 amide bonds. The van der Waals surface area contributed by atoms with Crippen molar-refractivity contribution >= 4 is 11.6 Å². The number of nitrogens with one attached hydrogen (secondary N) is 2. The minimum atomic E-state index is -0.0443. The first-order valence-electron chi connectivity index (χ1n) is 5.96. The molecular weight excluding hydrogens is 214 g/mol. The average molecular weight is 233 g/mol. The first kappa shape index (κ1) is 11.9. The third-order valence-electron chi connectivity index (χ3n) is 3.11. The van der Waals surface area contributed by atoms with Crippen LogP contribution in [0.5, 0.6) is 0 Å². The number of benzene rings is 1. The maximum absolute atomic E-state index is 11.5. The largest absolute Gasteiger partial charge is 0.381 e. The van der Waals surface area contributed by atoms with E-state index in [1.54, 1.807) is 7.05 Å². The fraction of sp³-hybridized carbons (Fsp3) is 0.462. The van der Waals surface area contributed by atoms with Gasteiger partial charge in [-0.15, -0.1) is 0 Å². The highest BCUT2D eigenvalue weighted by atomic mass is 16.1. The Morgan fingerprint density at radius 2 is 2.29 bits per heavy atom. The summed E-state index contributed by atoms with van der Waals surface area (Å²) in [6.45, 7) is 2.19. The third-order valence-corrected chi connectivity index (χ3v) is 3.11. The normalized spacial score (nSPS) is 20.2. The van der Waals surface area contributed by atoms with Gasteiger partial charge in [-0.25, -0.2) is 0 Å². The van der Waals surface area contributed by atoms with Crippen molar-refractivity contribution in [3.63, 3.8) is 0 Å². The van der Waals surface area contributed by atoms with E-state index in [1.807, 2.05) is 24.3 Å². The summed E-state index contributed by atoms with van der Waals surface area (Å²) in [7, 11) is 3.77. The van der Waals surface area contributed by atoms with Crippen LogP contribution < -0.4 is 10.6 Å². The molecule has 1 aromatic rings. The number of likely N-dealkylation sites (tertiary alicyclic amines) is 1. The number of hydrogen-bond donors (Lipinski definition) is 2. The van der Waals surface area contributed by atoms with Crippen LogP contribution in [0.15, 0.2) is 24.3 Å². The lowest BCUT2D eigenvalue weighted by molar-refractivity contribution is 0.0963. The summed E-state index contributed by atoms with van der Waals surface area (Å²) in [5.41, 5.74) is 1.72. The van der Waals surface area contributed by atoms with Crippen molar-refractivity contribution in [3.05, 3.63) is 29.8 Å². The summed E-state index contributed by atoms with van der Waals surface area (Å²) in [6.07, 6.45) is 1.15. The van der Waals surface area contributed by atoms with Gasteiger partial charge >= 0.3 is 0 Å². The molecule has 1 atom stereocenters. The first-order valence-corrected chi connectivity index (χ1v) is 5.96. The van der Waals surface area contributed by atoms with Crippen molar-refractivity contribution in [1.29, 1.82) is 0 Å². The number of carbonyl (C=O) groups is 1. The number of hydrogen-bond acceptors (Lipinski definition) is 3. The SMILES string of the molecule is CNC(=O)c1cccc(NC2CCN(C)C2)c1. The lowest BCUT2D eigenvalue weighted by Gasteiger charge is -2.14. The van der Waals surface area contributed by atoms with Gasteiger partial charge in [0.2, 0.25) is 0 Å². The molecule has 4 heteroatoms. The molecule has 0 radical (unpaired) electrons. The van der Waals surface area contributed by atoms with Gasteiger partial charge in [0.05, 0.1) is 0 Å². The van der Waals surface area contributed by atoms with Crippen molar-refractivity contribution in [3.8, 4) is 0 Å². The molecule has 1 fully saturated rings. The Morgan fingerprint density at radius 1 is 1.47 bits per heavy atom. The minimum Gasteiger partial charge on any atom is -0.381 e. The van der Waals surface area contributed by atoms with E-state index >= 15 is 0 Å². The summed E-state index contributed by atoms with van der Waals surface area (Å²) in [5, 5.41) is 6.10. The van der Waals surface area contributed by atoms with Crippen LogP contribution in [-0.2, 0) is 0 Å². The Bertz CT molecular complexity index is 405. The Labute approximate surface area is 102 Å². The Balaban J connectivity index is 2.03. The molecule has 1 aliphatic rings. The molecule has 1 heterocycles. The van der Waals surface area contributed by atoms with E-state index in [0.29, 0.717) is 11.6 Å². The Morgan fingerprint density at radius 3 is 2.94 bits per heavy atom. The molecule has 2 N–H and O–H groups in total. The quantitative estimate of drug-likeness (QED) is 0.823. The molecule has 0 saturated carbocycles. The number of nitrogens with zero attached hydrogens (tertiary/aromatic N) is 1. The van der Waals surface area contributed by atoms with Gasteiger partial charge in [0.1, 0.15) is 0 Å². The van der Waals surface area contributed by atoms with Crippen molar-refractivity contribution in [2.75, 3.05) is 32.5 Å². The van der Waals surface area contributed by atoms with Gasteiger partial charge < -0.3 is 15.5 Å². The van der Waals surface area contributed by atoms with Gasteiger partial charge in [0.25, 0.3) is 5.91 Å². The number of rotatable bonds is 3. The topological polar surface area (TPSA) is 44.4 Å². The third kappa shape index (κ3) is 2.97.